The molecule has 34 heavy (non-hydrogen) atoms. The number of amides is 1. The normalized spacial score (nSPS) is 15.1. The highest BCUT2D eigenvalue weighted by atomic mass is 16.6. The van der Waals surface area contributed by atoms with Crippen molar-refractivity contribution in [2.45, 2.75) is 84.2 Å². The highest BCUT2D eigenvalue weighted by Crippen LogP contribution is 2.09. The molecule has 1 aliphatic rings. The summed E-state index contributed by atoms with van der Waals surface area (Å²) in [5, 5.41) is 2.75. The Balaban J connectivity index is 2.19. The number of methoxy groups -OCH3 is 1. The quantitative estimate of drug-likeness (QED) is 0.179. The standard InChI is InChI=1S/C25H47N3O6/c1-4-11-22(5-2)34-25(31)26-14-7-10-21-33-24(30)13-18-28(17-12-23(29)32-3)20-19-27-15-8-6-9-16-27/h22H,4-21H2,1-3H3,(H,26,31). The Morgan fingerprint density at radius 2 is 1.68 bits per heavy atom. The van der Waals surface area contributed by atoms with E-state index in [0.29, 0.717) is 51.9 Å². The van der Waals surface area contributed by atoms with E-state index < -0.39 is 0 Å². The maximum Gasteiger partial charge on any atom is 0.407 e. The second kappa shape index (κ2) is 19.4. The summed E-state index contributed by atoms with van der Waals surface area (Å²) in [6, 6.07) is 0. The third kappa shape index (κ3) is 15.1. The first kappa shape index (κ1) is 30.2. The zero-order valence-electron chi connectivity index (χ0n) is 21.6. The van der Waals surface area contributed by atoms with Gasteiger partial charge in [0.15, 0.2) is 0 Å². The largest absolute Gasteiger partial charge is 0.469 e. The lowest BCUT2D eigenvalue weighted by Gasteiger charge is -2.29. The van der Waals surface area contributed by atoms with Crippen LogP contribution in [-0.2, 0) is 23.8 Å². The minimum Gasteiger partial charge on any atom is -0.469 e. The summed E-state index contributed by atoms with van der Waals surface area (Å²) in [5.74, 6) is -0.475. The average molecular weight is 486 g/mol. The number of carbonyl (C=O) groups excluding carboxylic acids is 3. The molecule has 198 valence electrons. The van der Waals surface area contributed by atoms with Crippen LogP contribution in [0.4, 0.5) is 4.79 Å². The van der Waals surface area contributed by atoms with E-state index in [-0.39, 0.29) is 24.1 Å². The van der Waals surface area contributed by atoms with E-state index in [9.17, 15) is 14.4 Å². The maximum atomic E-state index is 12.2. The minimum absolute atomic E-state index is 0.0296. The van der Waals surface area contributed by atoms with Gasteiger partial charge in [-0.15, -0.1) is 0 Å². The molecule has 1 amide bonds. The first-order valence-corrected chi connectivity index (χ1v) is 13.1. The second-order valence-corrected chi connectivity index (χ2v) is 8.90. The number of nitrogens with zero attached hydrogens (tertiary/aromatic N) is 2. The van der Waals surface area contributed by atoms with Crippen molar-refractivity contribution in [1.82, 2.24) is 15.1 Å². The van der Waals surface area contributed by atoms with E-state index in [0.717, 1.165) is 45.4 Å². The van der Waals surface area contributed by atoms with Gasteiger partial charge in [-0.1, -0.05) is 26.7 Å². The summed E-state index contributed by atoms with van der Waals surface area (Å²) in [5.41, 5.74) is 0. The number of piperidine rings is 1. The molecule has 1 atom stereocenters. The molecule has 0 aromatic rings. The molecule has 1 N–H and O–H groups in total. The fraction of sp³-hybridized carbons (Fsp3) is 0.880. The summed E-state index contributed by atoms with van der Waals surface area (Å²) in [6.07, 6.45) is 8.05. The van der Waals surface area contributed by atoms with E-state index >= 15 is 0 Å². The molecule has 9 nitrogen and oxygen atoms in total. The first-order valence-electron chi connectivity index (χ1n) is 13.1. The summed E-state index contributed by atoms with van der Waals surface area (Å²) in [4.78, 5) is 40.1. The fourth-order valence-electron chi connectivity index (χ4n) is 3.94. The molecule has 9 heteroatoms. The van der Waals surface area contributed by atoms with Crippen molar-refractivity contribution >= 4 is 18.0 Å². The van der Waals surface area contributed by atoms with Gasteiger partial charge in [0.2, 0.25) is 0 Å². The number of hydrogen-bond acceptors (Lipinski definition) is 8. The zero-order chi connectivity index (χ0) is 25.0. The zero-order valence-corrected chi connectivity index (χ0v) is 21.6. The van der Waals surface area contributed by atoms with Gasteiger partial charge >= 0.3 is 18.0 Å². The van der Waals surface area contributed by atoms with Gasteiger partial charge in [-0.05, 0) is 51.6 Å². The smallest absolute Gasteiger partial charge is 0.407 e. The van der Waals surface area contributed by atoms with Crippen LogP contribution >= 0.6 is 0 Å². The molecule has 0 radical (unpaired) electrons. The van der Waals surface area contributed by atoms with E-state index in [1.54, 1.807) is 0 Å². The molecule has 1 fully saturated rings. The second-order valence-electron chi connectivity index (χ2n) is 8.90. The van der Waals surface area contributed by atoms with Gasteiger partial charge in [-0.2, -0.15) is 0 Å². The Labute approximate surface area is 205 Å². The van der Waals surface area contributed by atoms with Crippen LogP contribution in [0.2, 0.25) is 0 Å². The van der Waals surface area contributed by atoms with Gasteiger partial charge in [0.25, 0.3) is 0 Å². The lowest BCUT2D eigenvalue weighted by Crippen LogP contribution is -2.39. The third-order valence-electron chi connectivity index (χ3n) is 6.12. The van der Waals surface area contributed by atoms with Crippen molar-refractivity contribution in [3.05, 3.63) is 0 Å². The van der Waals surface area contributed by atoms with Crippen molar-refractivity contribution in [2.75, 3.05) is 59.5 Å². The fourth-order valence-corrected chi connectivity index (χ4v) is 3.94. The van der Waals surface area contributed by atoms with Crippen LogP contribution in [0.1, 0.15) is 78.1 Å². The number of hydrogen-bond donors (Lipinski definition) is 1. The van der Waals surface area contributed by atoms with Crippen molar-refractivity contribution in [3.63, 3.8) is 0 Å². The minimum atomic E-state index is -0.381. The van der Waals surface area contributed by atoms with Crippen LogP contribution in [-0.4, -0.2) is 93.5 Å². The number of unbranched alkanes of at least 4 members (excludes halogenated alkanes) is 1. The molecular formula is C25H47N3O6. The lowest BCUT2D eigenvalue weighted by molar-refractivity contribution is -0.144. The van der Waals surface area contributed by atoms with Crippen molar-refractivity contribution < 1.29 is 28.6 Å². The SMILES string of the molecule is CCCC(CC)OC(=O)NCCCCOC(=O)CCN(CCC(=O)OC)CCN1CCCCC1. The van der Waals surface area contributed by atoms with Gasteiger partial charge in [0, 0.05) is 32.7 Å². The van der Waals surface area contributed by atoms with Gasteiger partial charge in [-0.3, -0.25) is 9.59 Å². The maximum absolute atomic E-state index is 12.2. The van der Waals surface area contributed by atoms with Crippen LogP contribution in [0.15, 0.2) is 0 Å². The van der Waals surface area contributed by atoms with Gasteiger partial charge in [-0.25, -0.2) is 4.79 Å². The van der Waals surface area contributed by atoms with Crippen LogP contribution in [0.5, 0.6) is 0 Å². The van der Waals surface area contributed by atoms with E-state index in [4.69, 9.17) is 14.2 Å². The molecule has 1 rings (SSSR count). The van der Waals surface area contributed by atoms with Crippen LogP contribution < -0.4 is 5.32 Å². The monoisotopic (exact) mass is 485 g/mol. The molecule has 1 saturated heterocycles. The van der Waals surface area contributed by atoms with Crippen LogP contribution in [0.3, 0.4) is 0 Å². The molecule has 1 aliphatic heterocycles. The Hall–Kier alpha value is -1.87. The number of likely N-dealkylation sites (tertiary alicyclic amines) is 1. The van der Waals surface area contributed by atoms with E-state index in [1.165, 1.54) is 26.4 Å². The predicted molar refractivity (Wildman–Crippen MR) is 132 cm³/mol. The Kier molecular flexibility index (Phi) is 17.2. The van der Waals surface area contributed by atoms with Gasteiger partial charge < -0.3 is 29.3 Å². The highest BCUT2D eigenvalue weighted by Gasteiger charge is 2.15. The average Bonchev–Trinajstić information content (AvgIpc) is 2.85. The number of rotatable bonds is 18. The first-order chi connectivity index (χ1) is 16.5. The van der Waals surface area contributed by atoms with E-state index in [2.05, 4.69) is 22.0 Å². The summed E-state index contributed by atoms with van der Waals surface area (Å²) in [7, 11) is 1.39. The molecule has 0 aliphatic carbocycles. The predicted octanol–water partition coefficient (Wildman–Crippen LogP) is 3.36. The number of nitrogens with one attached hydrogen (secondary N) is 1. The van der Waals surface area contributed by atoms with E-state index in [1.807, 2.05) is 6.92 Å². The molecule has 1 heterocycles. The molecule has 1 unspecified atom stereocenters. The molecule has 0 saturated carbocycles. The van der Waals surface area contributed by atoms with Crippen molar-refractivity contribution in [2.24, 2.45) is 0 Å². The molecule has 0 spiro atoms. The number of esters is 2. The number of alkyl carbamates (subject to hydrolysis) is 1. The molecule has 0 bridgehead atoms. The number of carbonyl (C=O) groups is 3. The highest BCUT2D eigenvalue weighted by molar-refractivity contribution is 5.70. The summed E-state index contributed by atoms with van der Waals surface area (Å²) in [6.45, 7) is 10.1. The third-order valence-corrected chi connectivity index (χ3v) is 6.12. The molecule has 0 aromatic carbocycles. The summed E-state index contributed by atoms with van der Waals surface area (Å²) < 4.78 is 15.5. The van der Waals surface area contributed by atoms with Gasteiger partial charge in [0.05, 0.1) is 26.6 Å². The van der Waals surface area contributed by atoms with Crippen molar-refractivity contribution in [1.29, 1.82) is 0 Å². The summed E-state index contributed by atoms with van der Waals surface area (Å²) >= 11 is 0. The lowest BCUT2D eigenvalue weighted by atomic mass is 10.1. The van der Waals surface area contributed by atoms with Crippen LogP contribution in [0, 0.1) is 0 Å². The Morgan fingerprint density at radius 1 is 0.971 bits per heavy atom. The van der Waals surface area contributed by atoms with Crippen LogP contribution in [0.25, 0.3) is 0 Å². The molecular weight excluding hydrogens is 438 g/mol. The Bertz CT molecular complexity index is 569. The molecule has 0 aromatic heterocycles. The van der Waals surface area contributed by atoms with Gasteiger partial charge in [0.1, 0.15) is 6.10 Å². The Morgan fingerprint density at radius 3 is 2.32 bits per heavy atom. The number of ether oxygens (including phenoxy) is 3. The van der Waals surface area contributed by atoms with Crippen molar-refractivity contribution in [3.8, 4) is 0 Å². The topological polar surface area (TPSA) is 97.4 Å².